The van der Waals surface area contributed by atoms with Crippen molar-refractivity contribution >= 4 is 11.7 Å². The minimum absolute atomic E-state index is 0.164. The van der Waals surface area contributed by atoms with Crippen LogP contribution in [-0.2, 0) is 0 Å². The summed E-state index contributed by atoms with van der Waals surface area (Å²) in [6.45, 7) is 8.06. The number of pyridine rings is 1. The SMILES string of the molecule is CC.CCCC(C)NC(=O)c1cccc(N)n1. The summed E-state index contributed by atoms with van der Waals surface area (Å²) < 4.78 is 0. The van der Waals surface area contributed by atoms with Gasteiger partial charge in [-0.15, -0.1) is 0 Å². The topological polar surface area (TPSA) is 68.0 Å². The summed E-state index contributed by atoms with van der Waals surface area (Å²) in [7, 11) is 0. The minimum Gasteiger partial charge on any atom is -0.384 e. The van der Waals surface area contributed by atoms with E-state index < -0.39 is 0 Å². The third-order valence-corrected chi connectivity index (χ3v) is 2.10. The molecule has 1 rings (SSSR count). The third kappa shape index (κ3) is 5.90. The standard InChI is InChI=1S/C11H17N3O.C2H6/c1-3-5-8(2)13-11(15)9-6-4-7-10(12)14-9;1-2/h4,6-8H,3,5H2,1-2H3,(H2,12,14)(H,13,15);1-2H3. The number of aromatic nitrogens is 1. The molecule has 1 atom stereocenters. The first-order chi connectivity index (χ1) is 8.13. The molecule has 0 radical (unpaired) electrons. The molecule has 0 aliphatic carbocycles. The second-order valence-electron chi connectivity index (χ2n) is 3.61. The molecule has 0 bridgehead atoms. The third-order valence-electron chi connectivity index (χ3n) is 2.10. The normalized spacial score (nSPS) is 11.1. The summed E-state index contributed by atoms with van der Waals surface area (Å²) in [5.41, 5.74) is 5.87. The predicted molar refractivity (Wildman–Crippen MR) is 71.8 cm³/mol. The maximum absolute atomic E-state index is 11.7. The van der Waals surface area contributed by atoms with Crippen LogP contribution in [0.2, 0.25) is 0 Å². The molecule has 1 aromatic heterocycles. The Bertz CT molecular complexity index is 339. The molecule has 4 nitrogen and oxygen atoms in total. The van der Waals surface area contributed by atoms with Gasteiger partial charge in [-0.05, 0) is 25.5 Å². The highest BCUT2D eigenvalue weighted by Gasteiger charge is 2.09. The zero-order valence-corrected chi connectivity index (χ0v) is 11.2. The van der Waals surface area contributed by atoms with Gasteiger partial charge in [0, 0.05) is 6.04 Å². The Balaban J connectivity index is 0.00000121. The Kier molecular flexibility index (Phi) is 7.76. The quantitative estimate of drug-likeness (QED) is 0.845. The molecule has 0 aliphatic heterocycles. The van der Waals surface area contributed by atoms with Crippen LogP contribution in [0.15, 0.2) is 18.2 Å². The molecular weight excluding hydrogens is 214 g/mol. The lowest BCUT2D eigenvalue weighted by atomic mass is 10.2. The van der Waals surface area contributed by atoms with Gasteiger partial charge in [0.15, 0.2) is 0 Å². The van der Waals surface area contributed by atoms with Crippen LogP contribution in [0.25, 0.3) is 0 Å². The first-order valence-corrected chi connectivity index (χ1v) is 6.17. The Morgan fingerprint density at radius 1 is 1.47 bits per heavy atom. The van der Waals surface area contributed by atoms with E-state index in [1.165, 1.54) is 0 Å². The molecule has 4 heteroatoms. The van der Waals surface area contributed by atoms with Crippen LogP contribution in [0.5, 0.6) is 0 Å². The Morgan fingerprint density at radius 3 is 2.65 bits per heavy atom. The number of hydrogen-bond acceptors (Lipinski definition) is 3. The van der Waals surface area contributed by atoms with Gasteiger partial charge in [0.2, 0.25) is 0 Å². The van der Waals surface area contributed by atoms with E-state index in [2.05, 4.69) is 17.2 Å². The second-order valence-corrected chi connectivity index (χ2v) is 3.61. The van der Waals surface area contributed by atoms with Crippen molar-refractivity contribution in [1.29, 1.82) is 0 Å². The van der Waals surface area contributed by atoms with Crippen molar-refractivity contribution < 1.29 is 4.79 Å². The number of nitrogens with two attached hydrogens (primary N) is 1. The van der Waals surface area contributed by atoms with E-state index in [9.17, 15) is 4.79 Å². The molecular formula is C13H23N3O. The smallest absolute Gasteiger partial charge is 0.270 e. The molecule has 17 heavy (non-hydrogen) atoms. The van der Waals surface area contributed by atoms with Gasteiger partial charge in [-0.25, -0.2) is 4.98 Å². The number of anilines is 1. The van der Waals surface area contributed by atoms with Gasteiger partial charge in [0.1, 0.15) is 11.5 Å². The highest BCUT2D eigenvalue weighted by atomic mass is 16.1. The predicted octanol–water partition coefficient (Wildman–Crippen LogP) is 2.61. The van der Waals surface area contributed by atoms with E-state index in [0.29, 0.717) is 11.5 Å². The fraction of sp³-hybridized carbons (Fsp3) is 0.538. The van der Waals surface area contributed by atoms with Crippen LogP contribution in [-0.4, -0.2) is 16.9 Å². The average molecular weight is 237 g/mol. The van der Waals surface area contributed by atoms with Crippen LogP contribution in [0.1, 0.15) is 51.0 Å². The van der Waals surface area contributed by atoms with Gasteiger partial charge < -0.3 is 11.1 Å². The lowest BCUT2D eigenvalue weighted by molar-refractivity contribution is 0.0933. The first kappa shape index (κ1) is 15.4. The van der Waals surface area contributed by atoms with Gasteiger partial charge >= 0.3 is 0 Å². The fourth-order valence-corrected chi connectivity index (χ4v) is 1.38. The summed E-state index contributed by atoms with van der Waals surface area (Å²) in [4.78, 5) is 15.6. The number of rotatable bonds is 4. The van der Waals surface area contributed by atoms with Gasteiger partial charge in [-0.2, -0.15) is 0 Å². The fourth-order valence-electron chi connectivity index (χ4n) is 1.38. The zero-order valence-electron chi connectivity index (χ0n) is 11.2. The number of nitrogen functional groups attached to an aromatic ring is 1. The molecule has 1 unspecified atom stereocenters. The molecule has 0 saturated heterocycles. The Morgan fingerprint density at radius 2 is 2.12 bits per heavy atom. The van der Waals surface area contributed by atoms with Crippen molar-refractivity contribution in [3.05, 3.63) is 23.9 Å². The van der Waals surface area contributed by atoms with Crippen LogP contribution >= 0.6 is 0 Å². The molecule has 0 saturated carbocycles. The molecule has 1 aromatic rings. The average Bonchev–Trinajstić information content (AvgIpc) is 2.32. The lowest BCUT2D eigenvalue weighted by Crippen LogP contribution is -2.32. The van der Waals surface area contributed by atoms with Crippen molar-refractivity contribution in [3.8, 4) is 0 Å². The number of amides is 1. The van der Waals surface area contributed by atoms with E-state index in [4.69, 9.17) is 5.73 Å². The molecule has 1 heterocycles. The molecule has 0 spiro atoms. The van der Waals surface area contributed by atoms with Crippen molar-refractivity contribution in [2.45, 2.75) is 46.6 Å². The van der Waals surface area contributed by atoms with Crippen molar-refractivity contribution in [1.82, 2.24) is 10.3 Å². The van der Waals surface area contributed by atoms with Crippen LogP contribution in [0.3, 0.4) is 0 Å². The molecule has 1 amide bonds. The molecule has 0 fully saturated rings. The van der Waals surface area contributed by atoms with E-state index in [1.54, 1.807) is 18.2 Å². The van der Waals surface area contributed by atoms with Gasteiger partial charge in [0.05, 0.1) is 0 Å². The molecule has 96 valence electrons. The van der Waals surface area contributed by atoms with E-state index in [1.807, 2.05) is 20.8 Å². The van der Waals surface area contributed by atoms with Gasteiger partial charge in [-0.1, -0.05) is 33.3 Å². The second kappa shape index (κ2) is 8.56. The lowest BCUT2D eigenvalue weighted by Gasteiger charge is -2.12. The van der Waals surface area contributed by atoms with E-state index in [0.717, 1.165) is 12.8 Å². The highest BCUT2D eigenvalue weighted by Crippen LogP contribution is 2.02. The highest BCUT2D eigenvalue weighted by molar-refractivity contribution is 5.92. The number of carbonyl (C=O) groups excluding carboxylic acids is 1. The summed E-state index contributed by atoms with van der Waals surface area (Å²) >= 11 is 0. The number of hydrogen-bond donors (Lipinski definition) is 2. The Hall–Kier alpha value is -1.58. The monoisotopic (exact) mass is 237 g/mol. The van der Waals surface area contributed by atoms with Crippen LogP contribution in [0, 0.1) is 0 Å². The zero-order chi connectivity index (χ0) is 13.3. The summed E-state index contributed by atoms with van der Waals surface area (Å²) in [5.74, 6) is 0.203. The maximum atomic E-state index is 11.7. The molecule has 3 N–H and O–H groups in total. The van der Waals surface area contributed by atoms with Gasteiger partial charge in [0.25, 0.3) is 5.91 Å². The minimum atomic E-state index is -0.164. The Labute approximate surface area is 104 Å². The van der Waals surface area contributed by atoms with Crippen molar-refractivity contribution in [2.24, 2.45) is 0 Å². The van der Waals surface area contributed by atoms with Crippen LogP contribution < -0.4 is 11.1 Å². The first-order valence-electron chi connectivity index (χ1n) is 6.17. The summed E-state index contributed by atoms with van der Waals surface area (Å²) in [6.07, 6.45) is 2.01. The summed E-state index contributed by atoms with van der Waals surface area (Å²) in [6, 6.07) is 5.21. The molecule has 0 aromatic carbocycles. The number of carbonyl (C=O) groups is 1. The van der Waals surface area contributed by atoms with Crippen molar-refractivity contribution in [2.75, 3.05) is 5.73 Å². The van der Waals surface area contributed by atoms with Crippen LogP contribution in [0.4, 0.5) is 5.82 Å². The van der Waals surface area contributed by atoms with Crippen molar-refractivity contribution in [3.63, 3.8) is 0 Å². The van der Waals surface area contributed by atoms with E-state index in [-0.39, 0.29) is 11.9 Å². The summed E-state index contributed by atoms with van der Waals surface area (Å²) in [5, 5.41) is 2.87. The van der Waals surface area contributed by atoms with E-state index >= 15 is 0 Å². The van der Waals surface area contributed by atoms with Gasteiger partial charge in [-0.3, -0.25) is 4.79 Å². The maximum Gasteiger partial charge on any atom is 0.270 e. The largest absolute Gasteiger partial charge is 0.384 e. The number of nitrogens with zero attached hydrogens (tertiary/aromatic N) is 1. The molecule has 0 aliphatic rings. The number of nitrogens with one attached hydrogen (secondary N) is 1.